The average Bonchev–Trinajstić information content (AvgIpc) is 3.17. The van der Waals surface area contributed by atoms with Gasteiger partial charge in [-0.2, -0.15) is 8.78 Å². The van der Waals surface area contributed by atoms with Crippen molar-refractivity contribution in [2.75, 3.05) is 5.32 Å². The van der Waals surface area contributed by atoms with Crippen LogP contribution in [0.2, 0.25) is 0 Å². The molecule has 10 heteroatoms. The number of nitrogens with one attached hydrogen (secondary N) is 1. The van der Waals surface area contributed by atoms with Gasteiger partial charge in [-0.15, -0.1) is 0 Å². The molecule has 162 valence electrons. The molecule has 0 fully saturated rings. The predicted octanol–water partition coefficient (Wildman–Crippen LogP) is 5.24. The zero-order valence-corrected chi connectivity index (χ0v) is 16.6. The van der Waals surface area contributed by atoms with Gasteiger partial charge in [0.05, 0.1) is 10.6 Å². The smallest absolute Gasteiger partial charge is 0.387 e. The van der Waals surface area contributed by atoms with Crippen LogP contribution in [-0.2, 0) is 6.61 Å². The molecule has 0 aliphatic rings. The normalized spacial score (nSPS) is 10.7. The lowest BCUT2D eigenvalue weighted by Gasteiger charge is -2.12. The van der Waals surface area contributed by atoms with Gasteiger partial charge >= 0.3 is 12.3 Å². The van der Waals surface area contributed by atoms with Crippen LogP contribution in [0.15, 0.2) is 52.9 Å². The number of carbonyl (C=O) groups is 1. The molecule has 1 amide bonds. The highest BCUT2D eigenvalue weighted by molar-refractivity contribution is 6.03. The molecule has 8 nitrogen and oxygen atoms in total. The Bertz CT molecular complexity index is 1110. The Hall–Kier alpha value is -3.95. The van der Waals surface area contributed by atoms with E-state index >= 15 is 0 Å². The van der Waals surface area contributed by atoms with E-state index in [2.05, 4.69) is 10.1 Å². The van der Waals surface area contributed by atoms with E-state index in [1.54, 1.807) is 26.0 Å². The van der Waals surface area contributed by atoms with Gasteiger partial charge in [0.25, 0.3) is 5.91 Å². The highest BCUT2D eigenvalue weighted by Gasteiger charge is 2.18. The number of furan rings is 1. The molecule has 3 aromatic rings. The second kappa shape index (κ2) is 9.24. The Morgan fingerprint density at radius 3 is 2.52 bits per heavy atom. The molecule has 1 N–H and O–H groups in total. The molecule has 1 aromatic heterocycles. The molecule has 0 aliphatic heterocycles. The minimum Gasteiger partial charge on any atom is -0.479 e. The first kappa shape index (κ1) is 21.8. The van der Waals surface area contributed by atoms with E-state index in [4.69, 9.17) is 9.15 Å². The second-order valence-electron chi connectivity index (χ2n) is 6.62. The van der Waals surface area contributed by atoms with E-state index in [9.17, 15) is 23.7 Å². The number of anilines is 1. The van der Waals surface area contributed by atoms with Crippen molar-refractivity contribution in [3.8, 4) is 11.5 Å². The summed E-state index contributed by atoms with van der Waals surface area (Å²) in [6.45, 7) is 0.221. The molecule has 3 rings (SSSR count). The lowest BCUT2D eigenvalue weighted by Crippen LogP contribution is -2.13. The fraction of sp³-hybridized carbons (Fsp3) is 0.190. The van der Waals surface area contributed by atoms with Crippen LogP contribution in [0.1, 0.15) is 27.4 Å². The van der Waals surface area contributed by atoms with Gasteiger partial charge in [-0.3, -0.25) is 14.9 Å². The number of nitro groups is 1. The summed E-state index contributed by atoms with van der Waals surface area (Å²) in [5, 5.41) is 13.6. The molecular weight excluding hydrogens is 414 g/mol. The van der Waals surface area contributed by atoms with Crippen LogP contribution in [0.25, 0.3) is 0 Å². The maximum atomic E-state index is 12.6. The lowest BCUT2D eigenvalue weighted by atomic mass is 10.2. The number of nitrogens with zero attached hydrogens (tertiary/aromatic N) is 1. The number of halogens is 2. The fourth-order valence-electron chi connectivity index (χ4n) is 2.73. The first-order chi connectivity index (χ1) is 14.7. The van der Waals surface area contributed by atoms with Gasteiger partial charge in [0, 0.05) is 6.07 Å². The second-order valence-corrected chi connectivity index (χ2v) is 6.62. The molecule has 0 unspecified atom stereocenters. The third kappa shape index (κ3) is 5.56. The molecule has 0 spiro atoms. The third-order valence-electron chi connectivity index (χ3n) is 4.17. The molecule has 0 saturated carbocycles. The highest BCUT2D eigenvalue weighted by Crippen LogP contribution is 2.30. The summed E-state index contributed by atoms with van der Waals surface area (Å²) < 4.78 is 40.5. The standard InChI is InChI=1S/C21H18F2N2O6/c1-12-4-7-17(16(9-12)25(27)28)29-11-14-5-8-18(30-14)20(26)24-15-6-3-13(2)10-19(15)31-21(22)23/h3-10,21H,11H2,1-2H3,(H,24,26). The SMILES string of the molecule is Cc1ccc(NC(=O)c2ccc(COc3ccc(C)cc3[N+](=O)[O-])o2)c(OC(F)F)c1. The molecule has 0 radical (unpaired) electrons. The highest BCUT2D eigenvalue weighted by atomic mass is 19.3. The zero-order valence-electron chi connectivity index (χ0n) is 16.6. The maximum absolute atomic E-state index is 12.6. The molecule has 0 atom stereocenters. The number of alkyl halides is 2. The number of aryl methyl sites for hydroxylation is 2. The predicted molar refractivity (Wildman–Crippen MR) is 107 cm³/mol. The van der Waals surface area contributed by atoms with Gasteiger partial charge in [0.15, 0.2) is 11.5 Å². The Morgan fingerprint density at radius 1 is 1.10 bits per heavy atom. The number of carbonyl (C=O) groups excluding carboxylic acids is 1. The summed E-state index contributed by atoms with van der Waals surface area (Å²) in [7, 11) is 0. The van der Waals surface area contributed by atoms with Crippen LogP contribution < -0.4 is 14.8 Å². The first-order valence-corrected chi connectivity index (χ1v) is 9.06. The summed E-state index contributed by atoms with van der Waals surface area (Å²) in [6.07, 6.45) is 0. The summed E-state index contributed by atoms with van der Waals surface area (Å²) in [4.78, 5) is 23.0. The van der Waals surface area contributed by atoms with Gasteiger partial charge < -0.3 is 19.2 Å². The number of ether oxygens (including phenoxy) is 2. The minimum atomic E-state index is -3.05. The van der Waals surface area contributed by atoms with E-state index in [0.717, 1.165) is 0 Å². The van der Waals surface area contributed by atoms with Gasteiger partial charge in [-0.05, 0) is 55.3 Å². The summed E-state index contributed by atoms with van der Waals surface area (Å²) in [5.74, 6) is -0.652. The molecule has 0 saturated heterocycles. The number of hydrogen-bond acceptors (Lipinski definition) is 6. The molecule has 0 aliphatic carbocycles. The van der Waals surface area contributed by atoms with Crippen LogP contribution in [0.4, 0.5) is 20.2 Å². The van der Waals surface area contributed by atoms with Gasteiger partial charge in [-0.1, -0.05) is 12.1 Å². The minimum absolute atomic E-state index is 0.0559. The van der Waals surface area contributed by atoms with E-state index in [1.165, 1.54) is 36.4 Å². The Balaban J connectivity index is 1.69. The molecular formula is C21H18F2N2O6. The quantitative estimate of drug-likeness (QED) is 0.386. The maximum Gasteiger partial charge on any atom is 0.387 e. The average molecular weight is 432 g/mol. The number of nitro benzene ring substituents is 1. The van der Waals surface area contributed by atoms with Crippen molar-refractivity contribution >= 4 is 17.3 Å². The first-order valence-electron chi connectivity index (χ1n) is 9.06. The van der Waals surface area contributed by atoms with E-state index in [-0.39, 0.29) is 41.0 Å². The van der Waals surface area contributed by atoms with Crippen molar-refractivity contribution in [2.24, 2.45) is 0 Å². The molecule has 2 aromatic carbocycles. The van der Waals surface area contributed by atoms with Gasteiger partial charge in [0.1, 0.15) is 18.1 Å². The Labute approximate surface area is 175 Å². The fourth-order valence-corrected chi connectivity index (χ4v) is 2.73. The zero-order chi connectivity index (χ0) is 22.5. The van der Waals surface area contributed by atoms with Crippen molar-refractivity contribution in [1.82, 2.24) is 0 Å². The van der Waals surface area contributed by atoms with E-state index in [1.807, 2.05) is 0 Å². The molecule has 31 heavy (non-hydrogen) atoms. The van der Waals surface area contributed by atoms with E-state index < -0.39 is 17.4 Å². The third-order valence-corrected chi connectivity index (χ3v) is 4.17. The number of benzene rings is 2. The number of amides is 1. The van der Waals surface area contributed by atoms with Crippen molar-refractivity contribution < 1.29 is 32.4 Å². The summed E-state index contributed by atoms with van der Waals surface area (Å²) in [5.41, 5.74) is 1.26. The van der Waals surface area contributed by atoms with Crippen LogP contribution in [0.3, 0.4) is 0 Å². The van der Waals surface area contributed by atoms with Crippen LogP contribution in [0, 0.1) is 24.0 Å². The topological polar surface area (TPSA) is 104 Å². The van der Waals surface area contributed by atoms with E-state index in [0.29, 0.717) is 11.1 Å². The number of rotatable bonds is 8. The van der Waals surface area contributed by atoms with Crippen LogP contribution in [0.5, 0.6) is 11.5 Å². The monoisotopic (exact) mass is 432 g/mol. The van der Waals surface area contributed by atoms with Crippen molar-refractivity contribution in [1.29, 1.82) is 0 Å². The van der Waals surface area contributed by atoms with Crippen LogP contribution >= 0.6 is 0 Å². The molecule has 0 bridgehead atoms. The summed E-state index contributed by atoms with van der Waals surface area (Å²) >= 11 is 0. The van der Waals surface area contributed by atoms with Crippen molar-refractivity contribution in [2.45, 2.75) is 27.1 Å². The number of hydrogen-bond donors (Lipinski definition) is 1. The van der Waals surface area contributed by atoms with Crippen molar-refractivity contribution in [3.05, 3.63) is 81.3 Å². The van der Waals surface area contributed by atoms with Gasteiger partial charge in [-0.25, -0.2) is 0 Å². The Morgan fingerprint density at radius 2 is 1.81 bits per heavy atom. The van der Waals surface area contributed by atoms with Crippen molar-refractivity contribution in [3.63, 3.8) is 0 Å². The Kier molecular flexibility index (Phi) is 6.49. The van der Waals surface area contributed by atoms with Crippen LogP contribution in [-0.4, -0.2) is 17.4 Å². The van der Waals surface area contributed by atoms with Gasteiger partial charge in [0.2, 0.25) is 0 Å². The lowest BCUT2D eigenvalue weighted by molar-refractivity contribution is -0.386. The molecule has 1 heterocycles. The largest absolute Gasteiger partial charge is 0.479 e. The summed E-state index contributed by atoms with van der Waals surface area (Å²) in [6, 6.07) is 11.8.